The Morgan fingerprint density at radius 3 is 1.92 bits per heavy atom. The van der Waals surface area contributed by atoms with Crippen LogP contribution in [0, 0.1) is 16.7 Å². The number of carbonyl (C=O) groups is 2. The standard InChI is InChI=1S/C34H52O3/c1-5-6-7-8-9-10-11-12-13-14-15-16-17-18-31(35)37-26-28-21-19-27(20-22-28)25-29-30-23-24-34(4,32(29)36)33(30,2)3/h19-22,25,30H,5-18,23-24,26H2,1-4H3. The van der Waals surface area contributed by atoms with Gasteiger partial charge in [-0.05, 0) is 53.4 Å². The summed E-state index contributed by atoms with van der Waals surface area (Å²) in [5, 5.41) is 0. The molecule has 0 radical (unpaired) electrons. The van der Waals surface area contributed by atoms with Gasteiger partial charge in [-0.15, -0.1) is 0 Å². The molecular formula is C34H52O3. The fourth-order valence-corrected chi connectivity index (χ4v) is 6.51. The summed E-state index contributed by atoms with van der Waals surface area (Å²) < 4.78 is 5.50. The van der Waals surface area contributed by atoms with E-state index in [9.17, 15) is 9.59 Å². The van der Waals surface area contributed by atoms with Gasteiger partial charge in [0.2, 0.25) is 0 Å². The molecule has 2 saturated carbocycles. The molecule has 0 aromatic heterocycles. The Labute approximate surface area is 226 Å². The SMILES string of the molecule is CCCCCCCCCCCCCCCC(=O)OCc1ccc(C=C2C(=O)C3(C)CCC2C3(C)C)cc1. The van der Waals surface area contributed by atoms with Crippen molar-refractivity contribution in [3.63, 3.8) is 0 Å². The lowest BCUT2D eigenvalue weighted by molar-refractivity contribution is -0.145. The van der Waals surface area contributed by atoms with Crippen LogP contribution in [0.15, 0.2) is 29.8 Å². The van der Waals surface area contributed by atoms with Gasteiger partial charge in [0.15, 0.2) is 5.78 Å². The monoisotopic (exact) mass is 508 g/mol. The van der Waals surface area contributed by atoms with Crippen LogP contribution >= 0.6 is 0 Å². The second-order valence-corrected chi connectivity index (χ2v) is 12.5. The summed E-state index contributed by atoms with van der Waals surface area (Å²) >= 11 is 0. The van der Waals surface area contributed by atoms with E-state index in [-0.39, 0.29) is 16.8 Å². The van der Waals surface area contributed by atoms with Gasteiger partial charge in [0.1, 0.15) is 6.61 Å². The number of allylic oxidation sites excluding steroid dienone is 1. The minimum absolute atomic E-state index is 0.0390. The zero-order chi connectivity index (χ0) is 26.7. The molecule has 2 bridgehead atoms. The molecule has 0 saturated heterocycles. The molecular weight excluding hydrogens is 456 g/mol. The molecule has 0 N–H and O–H groups in total. The van der Waals surface area contributed by atoms with Crippen LogP contribution in [0.1, 0.15) is 142 Å². The quantitative estimate of drug-likeness (QED) is 0.119. The number of ether oxygens (including phenoxy) is 1. The van der Waals surface area contributed by atoms with Gasteiger partial charge in [0, 0.05) is 11.8 Å². The van der Waals surface area contributed by atoms with Crippen molar-refractivity contribution in [1.29, 1.82) is 0 Å². The van der Waals surface area contributed by atoms with E-state index >= 15 is 0 Å². The number of Topliss-reactive ketones (excluding diaryl/α,β-unsaturated/α-hetero) is 1. The van der Waals surface area contributed by atoms with E-state index in [1.807, 2.05) is 24.3 Å². The second kappa shape index (κ2) is 14.3. The molecule has 0 amide bonds. The van der Waals surface area contributed by atoms with Crippen molar-refractivity contribution in [3.8, 4) is 0 Å². The zero-order valence-electron chi connectivity index (χ0n) is 24.2. The van der Waals surface area contributed by atoms with Gasteiger partial charge in [-0.2, -0.15) is 0 Å². The number of unbranched alkanes of at least 4 members (excludes halogenated alkanes) is 12. The number of rotatable bonds is 17. The number of fused-ring (bicyclic) bond motifs is 2. The lowest BCUT2D eigenvalue weighted by atomic mass is 9.70. The first-order valence-corrected chi connectivity index (χ1v) is 15.3. The smallest absolute Gasteiger partial charge is 0.306 e. The lowest BCUT2D eigenvalue weighted by Gasteiger charge is -2.31. The van der Waals surface area contributed by atoms with Gasteiger partial charge < -0.3 is 4.74 Å². The summed E-state index contributed by atoms with van der Waals surface area (Å²) in [6.07, 6.45) is 21.7. The molecule has 1 aromatic carbocycles. The summed E-state index contributed by atoms with van der Waals surface area (Å²) in [6, 6.07) is 8.10. The van der Waals surface area contributed by atoms with E-state index in [0.717, 1.165) is 42.4 Å². The van der Waals surface area contributed by atoms with Crippen molar-refractivity contribution in [2.24, 2.45) is 16.7 Å². The highest BCUT2D eigenvalue weighted by Crippen LogP contribution is 2.65. The summed E-state index contributed by atoms with van der Waals surface area (Å²) in [7, 11) is 0. The van der Waals surface area contributed by atoms with Crippen LogP contribution in [-0.4, -0.2) is 11.8 Å². The van der Waals surface area contributed by atoms with Crippen molar-refractivity contribution < 1.29 is 14.3 Å². The molecule has 0 spiro atoms. The molecule has 2 atom stereocenters. The van der Waals surface area contributed by atoms with Gasteiger partial charge in [-0.25, -0.2) is 0 Å². The molecule has 3 heteroatoms. The van der Waals surface area contributed by atoms with Crippen LogP contribution < -0.4 is 0 Å². The molecule has 2 aliphatic rings. The molecule has 1 aromatic rings. The van der Waals surface area contributed by atoms with Crippen molar-refractivity contribution in [2.75, 3.05) is 0 Å². The number of benzene rings is 1. The fourth-order valence-electron chi connectivity index (χ4n) is 6.51. The van der Waals surface area contributed by atoms with Crippen LogP contribution in [0.5, 0.6) is 0 Å². The molecule has 0 heterocycles. The number of carbonyl (C=O) groups excluding carboxylic acids is 2. The highest BCUT2D eigenvalue weighted by molar-refractivity contribution is 6.07. The molecule has 206 valence electrons. The molecule has 0 aliphatic heterocycles. The molecule has 3 rings (SSSR count). The summed E-state index contributed by atoms with van der Waals surface area (Å²) in [5.41, 5.74) is 2.86. The molecule has 3 nitrogen and oxygen atoms in total. The number of esters is 1. The minimum Gasteiger partial charge on any atom is -0.461 e. The fraction of sp³-hybridized carbons (Fsp3) is 0.706. The third-order valence-electron chi connectivity index (χ3n) is 9.55. The summed E-state index contributed by atoms with van der Waals surface area (Å²) in [6.45, 7) is 9.23. The van der Waals surface area contributed by atoms with Crippen LogP contribution in [0.2, 0.25) is 0 Å². The number of hydrogen-bond donors (Lipinski definition) is 0. The third kappa shape index (κ3) is 7.80. The predicted octanol–water partition coefficient (Wildman–Crippen LogP) is 9.62. The van der Waals surface area contributed by atoms with Crippen molar-refractivity contribution in [3.05, 3.63) is 41.0 Å². The van der Waals surface area contributed by atoms with E-state index in [1.54, 1.807) is 0 Å². The Balaban J connectivity index is 1.25. The average Bonchev–Trinajstić information content (AvgIpc) is 3.20. The third-order valence-corrected chi connectivity index (χ3v) is 9.55. The predicted molar refractivity (Wildman–Crippen MR) is 154 cm³/mol. The average molecular weight is 509 g/mol. The molecule has 2 aliphatic carbocycles. The van der Waals surface area contributed by atoms with Crippen molar-refractivity contribution in [1.82, 2.24) is 0 Å². The zero-order valence-corrected chi connectivity index (χ0v) is 24.2. The second-order valence-electron chi connectivity index (χ2n) is 12.5. The van der Waals surface area contributed by atoms with E-state index in [0.29, 0.717) is 24.7 Å². The highest BCUT2D eigenvalue weighted by Gasteiger charge is 2.63. The van der Waals surface area contributed by atoms with Gasteiger partial charge in [-0.1, -0.05) is 129 Å². The minimum atomic E-state index is -0.217. The van der Waals surface area contributed by atoms with Gasteiger partial charge in [0.05, 0.1) is 0 Å². The van der Waals surface area contributed by atoms with Gasteiger partial charge in [0.25, 0.3) is 0 Å². The van der Waals surface area contributed by atoms with Crippen LogP contribution in [0.4, 0.5) is 0 Å². The largest absolute Gasteiger partial charge is 0.461 e. The van der Waals surface area contributed by atoms with Crippen molar-refractivity contribution >= 4 is 17.8 Å². The maximum absolute atomic E-state index is 13.1. The topological polar surface area (TPSA) is 43.4 Å². The Morgan fingerprint density at radius 2 is 1.41 bits per heavy atom. The Kier molecular flexibility index (Phi) is 11.5. The highest BCUT2D eigenvalue weighted by atomic mass is 16.5. The molecule has 2 fully saturated rings. The van der Waals surface area contributed by atoms with E-state index in [2.05, 4.69) is 33.8 Å². The first-order valence-electron chi connectivity index (χ1n) is 15.3. The normalized spacial score (nSPS) is 23.2. The summed E-state index contributed by atoms with van der Waals surface area (Å²) in [4.78, 5) is 25.2. The maximum Gasteiger partial charge on any atom is 0.306 e. The first kappa shape index (κ1) is 29.7. The van der Waals surface area contributed by atoms with E-state index < -0.39 is 0 Å². The van der Waals surface area contributed by atoms with Crippen molar-refractivity contribution in [2.45, 2.75) is 137 Å². The first-order chi connectivity index (χ1) is 17.8. The lowest BCUT2D eigenvalue weighted by Crippen LogP contribution is -2.32. The van der Waals surface area contributed by atoms with E-state index in [4.69, 9.17) is 4.74 Å². The van der Waals surface area contributed by atoms with Gasteiger partial charge in [-0.3, -0.25) is 9.59 Å². The van der Waals surface area contributed by atoms with Crippen LogP contribution in [0.3, 0.4) is 0 Å². The van der Waals surface area contributed by atoms with Gasteiger partial charge >= 0.3 is 5.97 Å². The Morgan fingerprint density at radius 1 is 0.865 bits per heavy atom. The van der Waals surface area contributed by atoms with Crippen LogP contribution in [0.25, 0.3) is 6.08 Å². The maximum atomic E-state index is 13.1. The summed E-state index contributed by atoms with van der Waals surface area (Å²) in [5.74, 6) is 0.591. The number of ketones is 1. The Hall–Kier alpha value is -1.90. The molecule has 2 unspecified atom stereocenters. The van der Waals surface area contributed by atoms with E-state index in [1.165, 1.54) is 70.6 Å². The number of hydrogen-bond acceptors (Lipinski definition) is 3. The Bertz CT molecular complexity index is 894. The van der Waals surface area contributed by atoms with Crippen LogP contribution in [-0.2, 0) is 20.9 Å². The molecule has 37 heavy (non-hydrogen) atoms.